The van der Waals surface area contributed by atoms with Crippen LogP contribution in [-0.2, 0) is 36.5 Å². The van der Waals surface area contributed by atoms with Crippen LogP contribution in [0.3, 0.4) is 0 Å². The smallest absolute Gasteiger partial charge is 0.325 e. The molecule has 0 unspecified atom stereocenters. The van der Waals surface area contributed by atoms with E-state index in [0.29, 0.717) is 5.56 Å². The van der Waals surface area contributed by atoms with Gasteiger partial charge < -0.3 is 9.30 Å². The van der Waals surface area contributed by atoms with E-state index in [1.54, 1.807) is 46.7 Å². The molecule has 0 saturated carbocycles. The fraction of sp³-hybridized carbons (Fsp3) is 0.250. The number of esters is 1. The Bertz CT molecular complexity index is 1240. The lowest BCUT2D eigenvalue weighted by Gasteiger charge is -2.04. The number of hydrogen-bond acceptors (Lipinski definition) is 7. The summed E-state index contributed by atoms with van der Waals surface area (Å²) < 4.78 is 32.0. The van der Waals surface area contributed by atoms with Crippen LogP contribution in [0.4, 0.5) is 0 Å². The number of thioether (sulfide) groups is 1. The van der Waals surface area contributed by atoms with Crippen molar-refractivity contribution in [2.24, 2.45) is 4.99 Å². The zero-order valence-electron chi connectivity index (χ0n) is 16.4. The number of ether oxygens (including phenoxy) is 1. The van der Waals surface area contributed by atoms with Crippen LogP contribution < -0.4 is 4.80 Å². The molecule has 0 aliphatic heterocycles. The van der Waals surface area contributed by atoms with Gasteiger partial charge >= 0.3 is 5.97 Å². The molecule has 0 fully saturated rings. The molecule has 0 atom stereocenters. The van der Waals surface area contributed by atoms with Crippen molar-refractivity contribution in [2.45, 2.75) is 17.2 Å². The number of rotatable bonds is 7. The van der Waals surface area contributed by atoms with Crippen molar-refractivity contribution in [3.8, 4) is 0 Å². The van der Waals surface area contributed by atoms with E-state index in [4.69, 9.17) is 4.74 Å². The zero-order chi connectivity index (χ0) is 21.7. The summed E-state index contributed by atoms with van der Waals surface area (Å²) in [6.45, 7) is -0.127. The highest BCUT2D eigenvalue weighted by atomic mass is 32.2. The van der Waals surface area contributed by atoms with Crippen LogP contribution in [0.5, 0.6) is 0 Å². The third kappa shape index (κ3) is 5.59. The highest BCUT2D eigenvalue weighted by Gasteiger charge is 2.18. The third-order valence-corrected chi connectivity index (χ3v) is 7.42. The molecular formula is C20H20N2O5S3. The molecule has 158 valence electrons. The van der Waals surface area contributed by atoms with E-state index in [-0.39, 0.29) is 17.1 Å². The van der Waals surface area contributed by atoms with Crippen molar-refractivity contribution in [1.82, 2.24) is 4.57 Å². The number of carbonyl (C=O) groups is 2. The molecule has 3 aromatic rings. The quantitative estimate of drug-likeness (QED) is 0.394. The Kier molecular flexibility index (Phi) is 7.11. The fourth-order valence-electron chi connectivity index (χ4n) is 2.82. The van der Waals surface area contributed by atoms with E-state index < -0.39 is 27.5 Å². The number of aromatic nitrogens is 1. The minimum absolute atomic E-state index is 0.127. The molecule has 0 spiro atoms. The average molecular weight is 465 g/mol. The molecule has 10 heteroatoms. The lowest BCUT2D eigenvalue weighted by molar-refractivity contribution is -0.141. The molecule has 0 bridgehead atoms. The first-order valence-electron chi connectivity index (χ1n) is 8.87. The second-order valence-corrected chi connectivity index (χ2v) is 10.4. The molecule has 3 rings (SSSR count). The van der Waals surface area contributed by atoms with Gasteiger partial charge in [-0.05, 0) is 30.0 Å². The zero-order valence-corrected chi connectivity index (χ0v) is 18.9. The predicted octanol–water partition coefficient (Wildman–Crippen LogP) is 2.64. The van der Waals surface area contributed by atoms with Gasteiger partial charge in [0.1, 0.15) is 12.3 Å². The standard InChI is InChI=1S/C20H20N2O5S3/c1-27-19(24)11-22-16-9-8-15(28-2)10-17(16)29-20(22)21-18(23)13-30(25,26)12-14-6-4-3-5-7-14/h3-10H,11-13H2,1-2H3. The summed E-state index contributed by atoms with van der Waals surface area (Å²) in [5, 5.41) is 0. The number of nitrogens with zero attached hydrogens (tertiary/aromatic N) is 2. The molecule has 7 nitrogen and oxygen atoms in total. The Balaban J connectivity index is 1.94. The molecule has 0 aliphatic rings. The predicted molar refractivity (Wildman–Crippen MR) is 118 cm³/mol. The number of fused-ring (bicyclic) bond motifs is 1. The van der Waals surface area contributed by atoms with Gasteiger partial charge in [-0.1, -0.05) is 41.7 Å². The van der Waals surface area contributed by atoms with Gasteiger partial charge in [-0.2, -0.15) is 4.99 Å². The van der Waals surface area contributed by atoms with Gasteiger partial charge in [-0.3, -0.25) is 9.59 Å². The Labute approximate surface area is 182 Å². The van der Waals surface area contributed by atoms with E-state index in [1.807, 2.05) is 24.5 Å². The Morgan fingerprint density at radius 3 is 2.57 bits per heavy atom. The van der Waals surface area contributed by atoms with Crippen molar-refractivity contribution in [3.05, 3.63) is 58.9 Å². The van der Waals surface area contributed by atoms with Crippen molar-refractivity contribution >= 4 is 55.0 Å². The molecular weight excluding hydrogens is 444 g/mol. The first-order valence-corrected chi connectivity index (χ1v) is 12.7. The maximum atomic E-state index is 12.5. The molecule has 30 heavy (non-hydrogen) atoms. The highest BCUT2D eigenvalue weighted by Crippen LogP contribution is 2.24. The fourth-order valence-corrected chi connectivity index (χ4v) is 5.66. The molecule has 0 saturated heterocycles. The molecule has 1 aromatic heterocycles. The minimum Gasteiger partial charge on any atom is -0.468 e. The van der Waals surface area contributed by atoms with E-state index >= 15 is 0 Å². The second kappa shape index (κ2) is 9.59. The van der Waals surface area contributed by atoms with Crippen molar-refractivity contribution in [2.75, 3.05) is 19.1 Å². The van der Waals surface area contributed by atoms with Crippen molar-refractivity contribution in [1.29, 1.82) is 0 Å². The van der Waals surface area contributed by atoms with Gasteiger partial charge in [0, 0.05) is 4.90 Å². The Morgan fingerprint density at radius 2 is 1.90 bits per heavy atom. The third-order valence-electron chi connectivity index (χ3n) is 4.20. The maximum Gasteiger partial charge on any atom is 0.325 e. The number of methoxy groups -OCH3 is 1. The monoisotopic (exact) mass is 464 g/mol. The lowest BCUT2D eigenvalue weighted by atomic mass is 10.2. The molecule has 1 amide bonds. The largest absolute Gasteiger partial charge is 0.468 e. The van der Waals surface area contributed by atoms with Crippen molar-refractivity contribution in [3.63, 3.8) is 0 Å². The van der Waals surface area contributed by atoms with E-state index in [1.165, 1.54) is 18.4 Å². The number of thiazole rings is 1. The normalized spacial score (nSPS) is 12.3. The van der Waals surface area contributed by atoms with Gasteiger partial charge in [0.05, 0.1) is 23.1 Å². The van der Waals surface area contributed by atoms with Gasteiger partial charge in [-0.25, -0.2) is 8.42 Å². The van der Waals surface area contributed by atoms with Crippen LogP contribution in [0.2, 0.25) is 0 Å². The van der Waals surface area contributed by atoms with Crippen LogP contribution in [0, 0.1) is 0 Å². The summed E-state index contributed by atoms with van der Waals surface area (Å²) in [6, 6.07) is 14.4. The van der Waals surface area contributed by atoms with Crippen molar-refractivity contribution < 1.29 is 22.7 Å². The number of amides is 1. The number of carbonyl (C=O) groups excluding carboxylic acids is 2. The van der Waals surface area contributed by atoms with Gasteiger partial charge in [0.25, 0.3) is 5.91 Å². The van der Waals surface area contributed by atoms with Crippen LogP contribution in [0.25, 0.3) is 10.2 Å². The lowest BCUT2D eigenvalue weighted by Crippen LogP contribution is -2.24. The summed E-state index contributed by atoms with van der Waals surface area (Å²) in [7, 11) is -2.40. The first-order chi connectivity index (χ1) is 14.3. The average Bonchev–Trinajstić information content (AvgIpc) is 3.03. The summed E-state index contributed by atoms with van der Waals surface area (Å²) >= 11 is 2.79. The van der Waals surface area contributed by atoms with Crippen LogP contribution >= 0.6 is 23.1 Å². The summed E-state index contributed by atoms with van der Waals surface area (Å²) in [5.74, 6) is -2.21. The van der Waals surface area contributed by atoms with E-state index in [2.05, 4.69) is 4.99 Å². The Morgan fingerprint density at radius 1 is 1.17 bits per heavy atom. The van der Waals surface area contributed by atoms with E-state index in [0.717, 1.165) is 15.1 Å². The highest BCUT2D eigenvalue weighted by molar-refractivity contribution is 7.98. The minimum atomic E-state index is -3.68. The molecule has 2 aromatic carbocycles. The molecule has 0 radical (unpaired) electrons. The first kappa shape index (κ1) is 22.3. The SMILES string of the molecule is COC(=O)Cn1c(=NC(=O)CS(=O)(=O)Cc2ccccc2)sc2cc(SC)ccc21. The Hall–Kier alpha value is -2.43. The summed E-state index contributed by atoms with van der Waals surface area (Å²) in [6.07, 6.45) is 1.95. The molecule has 1 heterocycles. The molecule has 0 N–H and O–H groups in total. The topological polar surface area (TPSA) is 94.8 Å². The van der Waals surface area contributed by atoms with Crippen LogP contribution in [0.1, 0.15) is 5.56 Å². The second-order valence-electron chi connectivity index (χ2n) is 6.40. The number of benzene rings is 2. The summed E-state index contributed by atoms with van der Waals surface area (Å²) in [4.78, 5) is 29.6. The molecule has 0 aliphatic carbocycles. The van der Waals surface area contributed by atoms with Crippen LogP contribution in [-0.4, -0.2) is 44.0 Å². The maximum absolute atomic E-state index is 12.5. The van der Waals surface area contributed by atoms with Gasteiger partial charge in [0.2, 0.25) is 0 Å². The van der Waals surface area contributed by atoms with E-state index in [9.17, 15) is 18.0 Å². The summed E-state index contributed by atoms with van der Waals surface area (Å²) in [5.41, 5.74) is 1.33. The number of hydrogen-bond donors (Lipinski definition) is 0. The number of sulfone groups is 1. The van der Waals surface area contributed by atoms with Gasteiger partial charge in [0.15, 0.2) is 14.6 Å². The van der Waals surface area contributed by atoms with Crippen LogP contribution in [0.15, 0.2) is 58.4 Å². The van der Waals surface area contributed by atoms with Gasteiger partial charge in [-0.15, -0.1) is 11.8 Å².